The summed E-state index contributed by atoms with van der Waals surface area (Å²) in [7, 11) is 0. The van der Waals surface area contributed by atoms with E-state index in [4.69, 9.17) is 5.11 Å². The second-order valence-electron chi connectivity index (χ2n) is 4.36. The third-order valence-corrected chi connectivity index (χ3v) is 2.56. The molecular formula is C18H22O2. The number of hydrogen-bond acceptors (Lipinski definition) is 1. The maximum absolute atomic E-state index is 10.1. The van der Waals surface area contributed by atoms with Gasteiger partial charge in [-0.3, -0.25) is 0 Å². The van der Waals surface area contributed by atoms with Crippen LogP contribution in [0.4, 0.5) is 0 Å². The van der Waals surface area contributed by atoms with Gasteiger partial charge in [0.05, 0.1) is 0 Å². The minimum atomic E-state index is -1.01. The average Bonchev–Trinajstić information content (AvgIpc) is 2.43. The van der Waals surface area contributed by atoms with Gasteiger partial charge in [0.25, 0.3) is 0 Å². The summed E-state index contributed by atoms with van der Waals surface area (Å²) in [6, 6.07) is 0. The highest BCUT2D eigenvalue weighted by molar-refractivity contribution is 5.80. The third-order valence-electron chi connectivity index (χ3n) is 2.56. The lowest BCUT2D eigenvalue weighted by Crippen LogP contribution is -1.84. The summed E-state index contributed by atoms with van der Waals surface area (Å²) >= 11 is 0. The van der Waals surface area contributed by atoms with Crippen molar-refractivity contribution in [2.75, 3.05) is 0 Å². The highest BCUT2D eigenvalue weighted by atomic mass is 16.4. The lowest BCUT2D eigenvalue weighted by atomic mass is 10.1. The highest BCUT2D eigenvalue weighted by Gasteiger charge is 1.88. The van der Waals surface area contributed by atoms with Crippen molar-refractivity contribution in [3.63, 3.8) is 0 Å². The molecule has 0 aromatic heterocycles. The molecule has 0 spiro atoms. The number of carboxylic acid groups (broad SMARTS) is 1. The second kappa shape index (κ2) is 14.9. The van der Waals surface area contributed by atoms with Crippen LogP contribution in [0.15, 0.2) is 12.2 Å². The monoisotopic (exact) mass is 270 g/mol. The van der Waals surface area contributed by atoms with E-state index in [0.29, 0.717) is 0 Å². The Morgan fingerprint density at radius 3 is 2.30 bits per heavy atom. The molecule has 0 aromatic rings. The predicted octanol–water partition coefficient (Wildman–Crippen LogP) is 3.78. The van der Waals surface area contributed by atoms with Crippen LogP contribution in [-0.4, -0.2) is 11.1 Å². The van der Waals surface area contributed by atoms with E-state index in [2.05, 4.69) is 42.4 Å². The van der Waals surface area contributed by atoms with Gasteiger partial charge in [-0.1, -0.05) is 57.3 Å². The van der Waals surface area contributed by atoms with Crippen molar-refractivity contribution in [1.29, 1.82) is 0 Å². The van der Waals surface area contributed by atoms with Gasteiger partial charge in [0.15, 0.2) is 0 Å². The molecule has 0 heterocycles. The van der Waals surface area contributed by atoms with Gasteiger partial charge < -0.3 is 5.11 Å². The molecule has 0 saturated heterocycles. The molecule has 0 atom stereocenters. The first kappa shape index (κ1) is 17.9. The molecule has 2 heteroatoms. The molecule has 0 aliphatic heterocycles. The van der Waals surface area contributed by atoms with Gasteiger partial charge in [-0.25, -0.2) is 4.79 Å². The number of unbranched alkanes of at least 4 members (excludes halogenated alkanes) is 7. The van der Waals surface area contributed by atoms with Crippen LogP contribution >= 0.6 is 0 Å². The number of carboxylic acids is 1. The van der Waals surface area contributed by atoms with Gasteiger partial charge >= 0.3 is 5.97 Å². The van der Waals surface area contributed by atoms with Crippen LogP contribution in [0.2, 0.25) is 0 Å². The third kappa shape index (κ3) is 15.9. The first-order valence-corrected chi connectivity index (χ1v) is 7.15. The molecule has 0 rings (SSSR count). The van der Waals surface area contributed by atoms with E-state index in [1.54, 1.807) is 0 Å². The molecule has 0 fully saturated rings. The molecule has 1 N–H and O–H groups in total. The smallest absolute Gasteiger partial charge is 0.328 e. The lowest BCUT2D eigenvalue weighted by molar-refractivity contribution is -0.131. The van der Waals surface area contributed by atoms with Crippen LogP contribution < -0.4 is 0 Å². The number of allylic oxidation sites excluding steroid dienone is 1. The molecular weight excluding hydrogens is 248 g/mol. The highest BCUT2D eigenvalue weighted by Crippen LogP contribution is 2.07. The van der Waals surface area contributed by atoms with E-state index < -0.39 is 5.97 Å². The largest absolute Gasteiger partial charge is 0.478 e. The van der Waals surface area contributed by atoms with Crippen LogP contribution in [-0.2, 0) is 4.79 Å². The SMILES string of the molecule is CCCCCCCCCC#CC#CC#C/C=C/C(=O)O. The van der Waals surface area contributed by atoms with Gasteiger partial charge in [-0.05, 0) is 36.2 Å². The quantitative estimate of drug-likeness (QED) is 0.414. The van der Waals surface area contributed by atoms with Crippen LogP contribution in [0.5, 0.6) is 0 Å². The molecule has 2 nitrogen and oxygen atoms in total. The molecule has 20 heavy (non-hydrogen) atoms. The van der Waals surface area contributed by atoms with E-state index in [1.165, 1.54) is 44.6 Å². The van der Waals surface area contributed by atoms with Gasteiger partial charge in [0, 0.05) is 12.5 Å². The molecule has 0 radical (unpaired) electrons. The van der Waals surface area contributed by atoms with Crippen molar-refractivity contribution >= 4 is 5.97 Å². The average molecular weight is 270 g/mol. The van der Waals surface area contributed by atoms with Crippen molar-refractivity contribution in [3.05, 3.63) is 12.2 Å². The summed E-state index contributed by atoms with van der Waals surface area (Å²) < 4.78 is 0. The van der Waals surface area contributed by atoms with E-state index in [-0.39, 0.29) is 0 Å². The first-order valence-electron chi connectivity index (χ1n) is 7.15. The molecule has 0 aromatic carbocycles. The Morgan fingerprint density at radius 1 is 0.950 bits per heavy atom. The normalized spacial score (nSPS) is 8.85. The van der Waals surface area contributed by atoms with E-state index in [9.17, 15) is 4.79 Å². The summed E-state index contributed by atoms with van der Waals surface area (Å²) in [5.74, 6) is 14.9. The lowest BCUT2D eigenvalue weighted by Gasteiger charge is -1.97. The van der Waals surface area contributed by atoms with Crippen molar-refractivity contribution in [1.82, 2.24) is 0 Å². The van der Waals surface area contributed by atoms with E-state index in [0.717, 1.165) is 18.9 Å². The predicted molar refractivity (Wildman–Crippen MR) is 82.7 cm³/mol. The fraction of sp³-hybridized carbons (Fsp3) is 0.500. The molecule has 0 unspecified atom stereocenters. The Morgan fingerprint density at radius 2 is 1.60 bits per heavy atom. The van der Waals surface area contributed by atoms with Crippen LogP contribution in [0.25, 0.3) is 0 Å². The van der Waals surface area contributed by atoms with Crippen LogP contribution in [0.1, 0.15) is 58.3 Å². The molecule has 0 aliphatic carbocycles. The van der Waals surface area contributed by atoms with Crippen LogP contribution in [0.3, 0.4) is 0 Å². The first-order chi connectivity index (χ1) is 9.77. The van der Waals surface area contributed by atoms with Crippen LogP contribution in [0, 0.1) is 35.5 Å². The summed E-state index contributed by atoms with van der Waals surface area (Å²) in [5, 5.41) is 8.30. The Kier molecular flexibility index (Phi) is 13.4. The molecule has 106 valence electrons. The van der Waals surface area contributed by atoms with E-state index >= 15 is 0 Å². The molecule has 0 aliphatic rings. The fourth-order valence-corrected chi connectivity index (χ4v) is 1.53. The maximum atomic E-state index is 10.1. The Bertz CT molecular complexity index is 467. The minimum absolute atomic E-state index is 0.884. The van der Waals surface area contributed by atoms with Gasteiger partial charge in [0.2, 0.25) is 0 Å². The molecule has 0 amide bonds. The van der Waals surface area contributed by atoms with Gasteiger partial charge in [0.1, 0.15) is 0 Å². The summed E-state index contributed by atoms with van der Waals surface area (Å²) in [6.45, 7) is 2.23. The zero-order valence-corrected chi connectivity index (χ0v) is 12.2. The van der Waals surface area contributed by atoms with Crippen molar-refractivity contribution < 1.29 is 9.90 Å². The van der Waals surface area contributed by atoms with Crippen molar-refractivity contribution in [2.24, 2.45) is 0 Å². The molecule has 0 bridgehead atoms. The van der Waals surface area contributed by atoms with E-state index in [1.807, 2.05) is 0 Å². The number of carbonyl (C=O) groups is 1. The number of rotatable bonds is 8. The topological polar surface area (TPSA) is 37.3 Å². The zero-order chi connectivity index (χ0) is 14.9. The van der Waals surface area contributed by atoms with Crippen molar-refractivity contribution in [3.8, 4) is 35.5 Å². The fourth-order valence-electron chi connectivity index (χ4n) is 1.53. The second-order valence-corrected chi connectivity index (χ2v) is 4.36. The van der Waals surface area contributed by atoms with Gasteiger partial charge in [-0.15, -0.1) is 0 Å². The summed E-state index contributed by atoms with van der Waals surface area (Å²) in [4.78, 5) is 10.1. The zero-order valence-electron chi connectivity index (χ0n) is 12.2. The van der Waals surface area contributed by atoms with Crippen molar-refractivity contribution in [2.45, 2.75) is 58.3 Å². The molecule has 0 saturated carbocycles. The summed E-state index contributed by atoms with van der Waals surface area (Å²) in [5.41, 5.74) is 0. The minimum Gasteiger partial charge on any atom is -0.478 e. The Labute approximate surface area is 122 Å². The standard InChI is InChI=1S/C18H22O2/c1-2-3-4-5-6-7-8-9-10-11-12-13-14-15-16-17-18(19)20/h16-17H,2-9H2,1H3,(H,19,20)/b17-16+. The Balaban J connectivity index is 3.57. The van der Waals surface area contributed by atoms with Gasteiger partial charge in [-0.2, -0.15) is 0 Å². The Hall–Kier alpha value is -2.11. The number of aliphatic carboxylic acids is 1. The number of hydrogen-bond donors (Lipinski definition) is 1. The maximum Gasteiger partial charge on any atom is 0.328 e. The summed E-state index contributed by atoms with van der Waals surface area (Å²) in [6.07, 6.45) is 12.1.